The first-order chi connectivity index (χ1) is 9.88. The van der Waals surface area contributed by atoms with E-state index in [9.17, 15) is 0 Å². The van der Waals surface area contributed by atoms with Crippen molar-refractivity contribution in [3.63, 3.8) is 0 Å². The van der Waals surface area contributed by atoms with Gasteiger partial charge in [0.15, 0.2) is 5.00 Å². The van der Waals surface area contributed by atoms with Crippen LogP contribution in [0.2, 0.25) is 10.0 Å². The number of benzene rings is 2. The Bertz CT molecular complexity index is 619. The largest absolute Gasteiger partial charge is 0.184 e. The highest BCUT2D eigenvalue weighted by Gasteiger charge is 2.23. The average molecular weight is 342 g/mol. The van der Waals surface area contributed by atoms with E-state index in [0.29, 0.717) is 10.0 Å². The normalized spacial score (nSPS) is 15.9. The van der Waals surface area contributed by atoms with E-state index < -0.39 is 5.00 Å². The maximum atomic E-state index is 6.45. The predicted molar refractivity (Wildman–Crippen MR) is 89.4 cm³/mol. The minimum Gasteiger partial charge on any atom is -0.184 e. The maximum absolute atomic E-state index is 6.45. The minimum absolute atomic E-state index is 0.0901. The molecule has 0 bridgehead atoms. The zero-order valence-electron chi connectivity index (χ0n) is 11.7. The van der Waals surface area contributed by atoms with Gasteiger partial charge in [0.2, 0.25) is 0 Å². The van der Waals surface area contributed by atoms with Gasteiger partial charge < -0.3 is 0 Å². The first-order valence-electron chi connectivity index (χ1n) is 6.51. The lowest BCUT2D eigenvalue weighted by molar-refractivity contribution is 0.612. The summed E-state index contributed by atoms with van der Waals surface area (Å²) in [5, 5.41) is 9.95. The van der Waals surface area contributed by atoms with Crippen LogP contribution in [0.5, 0.6) is 0 Å². The van der Waals surface area contributed by atoms with E-state index in [-0.39, 0.29) is 6.04 Å². The summed E-state index contributed by atoms with van der Waals surface area (Å²) >= 11 is 18.2. The summed E-state index contributed by atoms with van der Waals surface area (Å²) < 4.78 is 0. The van der Waals surface area contributed by atoms with E-state index in [1.807, 2.05) is 43.3 Å². The van der Waals surface area contributed by atoms with Crippen LogP contribution < -0.4 is 0 Å². The van der Waals surface area contributed by atoms with Crippen LogP contribution in [0.25, 0.3) is 0 Å². The summed E-state index contributed by atoms with van der Waals surface area (Å²) in [4.78, 5) is -0.911. The molecule has 0 saturated carbocycles. The Hall–Kier alpha value is -1.09. The van der Waals surface area contributed by atoms with Crippen LogP contribution in [-0.2, 0) is 5.00 Å². The Labute approximate surface area is 139 Å². The number of rotatable bonds is 4. The molecule has 2 nitrogen and oxygen atoms in total. The molecular weight excluding hydrogens is 327 g/mol. The Kier molecular flexibility index (Phi) is 5.26. The van der Waals surface area contributed by atoms with Gasteiger partial charge in [-0.25, -0.2) is 0 Å². The van der Waals surface area contributed by atoms with E-state index >= 15 is 0 Å². The summed E-state index contributed by atoms with van der Waals surface area (Å²) in [7, 11) is 0. The van der Waals surface area contributed by atoms with Gasteiger partial charge in [-0.15, -0.1) is 0 Å². The molecule has 0 N–H and O–H groups in total. The van der Waals surface area contributed by atoms with Crippen molar-refractivity contribution in [2.75, 3.05) is 0 Å². The van der Waals surface area contributed by atoms with Crippen molar-refractivity contribution in [3.8, 4) is 0 Å². The second-order valence-electron chi connectivity index (χ2n) is 4.90. The molecule has 5 heteroatoms. The van der Waals surface area contributed by atoms with E-state index in [0.717, 1.165) is 11.1 Å². The van der Waals surface area contributed by atoms with Gasteiger partial charge in [0.05, 0.1) is 6.04 Å². The molecule has 0 fully saturated rings. The third-order valence-electron chi connectivity index (χ3n) is 3.14. The fourth-order valence-electron chi connectivity index (χ4n) is 1.81. The molecule has 0 amide bonds. The number of halogens is 3. The molecule has 2 atom stereocenters. The zero-order chi connectivity index (χ0) is 15.5. The molecule has 110 valence electrons. The van der Waals surface area contributed by atoms with Crippen molar-refractivity contribution < 1.29 is 0 Å². The summed E-state index contributed by atoms with van der Waals surface area (Å²) in [5.74, 6) is 0. The number of hydrogen-bond donors (Lipinski definition) is 0. The highest BCUT2D eigenvalue weighted by atomic mass is 35.5. The predicted octanol–water partition coefficient (Wildman–Crippen LogP) is 6.62. The first-order valence-corrected chi connectivity index (χ1v) is 7.64. The van der Waals surface area contributed by atoms with Crippen molar-refractivity contribution >= 4 is 34.8 Å². The minimum atomic E-state index is -0.911. The van der Waals surface area contributed by atoms with Gasteiger partial charge in [-0.1, -0.05) is 59.1 Å². The Morgan fingerprint density at radius 3 is 1.90 bits per heavy atom. The lowest BCUT2D eigenvalue weighted by Gasteiger charge is -2.17. The lowest BCUT2D eigenvalue weighted by atomic mass is 10.1. The van der Waals surface area contributed by atoms with Crippen LogP contribution >= 0.6 is 34.8 Å². The fraction of sp³-hybridized carbons (Fsp3) is 0.250. The average Bonchev–Trinajstić information content (AvgIpc) is 2.46. The topological polar surface area (TPSA) is 24.7 Å². The number of nitrogens with zero attached hydrogens (tertiary/aromatic N) is 2. The van der Waals surface area contributed by atoms with Crippen LogP contribution in [-0.4, -0.2) is 0 Å². The molecule has 2 rings (SSSR count). The smallest absolute Gasteiger partial charge is 0.176 e. The van der Waals surface area contributed by atoms with Crippen molar-refractivity contribution in [2.24, 2.45) is 10.2 Å². The third-order valence-corrected chi connectivity index (χ3v) is 3.94. The molecule has 2 aromatic rings. The number of azo groups is 1. The standard InChI is InChI=1S/C16H15Cl3N2/c1-11(12-3-7-14(17)8-4-12)20-21-16(2,19)13-5-9-15(18)10-6-13/h3-11H,1-2H3. The highest BCUT2D eigenvalue weighted by Crippen LogP contribution is 2.32. The monoisotopic (exact) mass is 340 g/mol. The second kappa shape index (κ2) is 6.78. The Morgan fingerprint density at radius 1 is 0.905 bits per heavy atom. The van der Waals surface area contributed by atoms with E-state index in [4.69, 9.17) is 34.8 Å². The molecule has 2 aromatic carbocycles. The first kappa shape index (κ1) is 16.3. The summed E-state index contributed by atoms with van der Waals surface area (Å²) in [6.07, 6.45) is 0. The Balaban J connectivity index is 2.15. The van der Waals surface area contributed by atoms with Crippen molar-refractivity contribution in [1.29, 1.82) is 0 Å². The molecule has 0 aliphatic carbocycles. The molecule has 0 radical (unpaired) electrons. The van der Waals surface area contributed by atoms with Crippen molar-refractivity contribution in [1.82, 2.24) is 0 Å². The lowest BCUT2D eigenvalue weighted by Crippen LogP contribution is -2.09. The van der Waals surface area contributed by atoms with Gasteiger partial charge in [-0.3, -0.25) is 0 Å². The molecule has 0 heterocycles. The molecular formula is C16H15Cl3N2. The van der Waals surface area contributed by atoms with E-state index in [1.165, 1.54) is 0 Å². The molecule has 2 unspecified atom stereocenters. The van der Waals surface area contributed by atoms with Gasteiger partial charge in [0.1, 0.15) is 0 Å². The summed E-state index contributed by atoms with van der Waals surface area (Å²) in [6, 6.07) is 14.7. The van der Waals surface area contributed by atoms with Crippen molar-refractivity contribution in [2.45, 2.75) is 24.9 Å². The Morgan fingerprint density at radius 2 is 1.38 bits per heavy atom. The van der Waals surface area contributed by atoms with Gasteiger partial charge in [0, 0.05) is 10.0 Å². The van der Waals surface area contributed by atoms with Crippen LogP contribution in [0.15, 0.2) is 58.8 Å². The number of alkyl halides is 1. The molecule has 0 spiro atoms. The molecule has 0 aromatic heterocycles. The van der Waals surface area contributed by atoms with Gasteiger partial charge in [-0.05, 0) is 49.2 Å². The maximum Gasteiger partial charge on any atom is 0.176 e. The molecule has 21 heavy (non-hydrogen) atoms. The van der Waals surface area contributed by atoms with Gasteiger partial charge in [-0.2, -0.15) is 10.2 Å². The second-order valence-corrected chi connectivity index (χ2v) is 6.51. The highest BCUT2D eigenvalue weighted by molar-refractivity contribution is 6.30. The summed E-state index contributed by atoms with van der Waals surface area (Å²) in [6.45, 7) is 3.76. The van der Waals surface area contributed by atoms with Gasteiger partial charge >= 0.3 is 0 Å². The zero-order valence-corrected chi connectivity index (χ0v) is 14.0. The van der Waals surface area contributed by atoms with E-state index in [1.54, 1.807) is 19.1 Å². The molecule has 0 aliphatic rings. The SMILES string of the molecule is CC(N=NC(C)(Cl)c1ccc(Cl)cc1)c1ccc(Cl)cc1. The van der Waals surface area contributed by atoms with Crippen LogP contribution in [0, 0.1) is 0 Å². The van der Waals surface area contributed by atoms with Gasteiger partial charge in [0.25, 0.3) is 0 Å². The summed E-state index contributed by atoms with van der Waals surface area (Å²) in [5.41, 5.74) is 1.88. The third kappa shape index (κ3) is 4.44. The van der Waals surface area contributed by atoms with E-state index in [2.05, 4.69) is 10.2 Å². The molecule has 0 saturated heterocycles. The van der Waals surface area contributed by atoms with Crippen LogP contribution in [0.3, 0.4) is 0 Å². The fourth-order valence-corrected chi connectivity index (χ4v) is 2.24. The quantitative estimate of drug-likeness (QED) is 0.339. The van der Waals surface area contributed by atoms with Crippen LogP contribution in [0.1, 0.15) is 31.0 Å². The van der Waals surface area contributed by atoms with Crippen molar-refractivity contribution in [3.05, 3.63) is 69.7 Å². The van der Waals surface area contributed by atoms with Crippen LogP contribution in [0.4, 0.5) is 0 Å². The number of hydrogen-bond acceptors (Lipinski definition) is 2. The molecule has 0 aliphatic heterocycles.